The van der Waals surface area contributed by atoms with Crippen LogP contribution in [-0.2, 0) is 10.0 Å². The lowest BCUT2D eigenvalue weighted by Gasteiger charge is -2.22. The fourth-order valence-corrected chi connectivity index (χ4v) is 4.35. The van der Waals surface area contributed by atoms with Crippen molar-refractivity contribution >= 4 is 16.0 Å². The Balaban J connectivity index is 2.58. The molecule has 5 nitrogen and oxygen atoms in total. The Morgan fingerprint density at radius 1 is 1.35 bits per heavy atom. The van der Waals surface area contributed by atoms with Crippen LogP contribution in [0.5, 0.6) is 0 Å². The maximum Gasteiger partial charge on any atom is 0.335 e. The molecule has 1 aromatic rings. The number of aryl methyl sites for hydroxylation is 1. The molecular formula is C14H19NO4S. The number of benzene rings is 1. The van der Waals surface area contributed by atoms with Crippen LogP contribution in [-0.4, -0.2) is 36.4 Å². The molecule has 0 aromatic heterocycles. The third-order valence-electron chi connectivity index (χ3n) is 3.72. The molecule has 1 aliphatic carbocycles. The molecule has 2 rings (SSSR count). The molecule has 1 aliphatic rings. The van der Waals surface area contributed by atoms with Gasteiger partial charge in [-0.3, -0.25) is 0 Å². The van der Waals surface area contributed by atoms with Gasteiger partial charge in [0.2, 0.25) is 10.0 Å². The molecule has 1 aromatic carbocycles. The molecule has 0 unspecified atom stereocenters. The number of carboxylic acids is 1. The standard InChI is InChI=1S/C14H19NO4S/c1-4-15(12-5-6-12)20(18,19)13-8-11(14(16)17)7-9(2)10(13)3/h7-8,12H,4-6H2,1-3H3,(H,16,17). The molecule has 110 valence electrons. The Morgan fingerprint density at radius 3 is 2.40 bits per heavy atom. The van der Waals surface area contributed by atoms with Crippen molar-refractivity contribution in [1.29, 1.82) is 0 Å². The van der Waals surface area contributed by atoms with Crippen LogP contribution < -0.4 is 0 Å². The van der Waals surface area contributed by atoms with Crippen LogP contribution in [0.25, 0.3) is 0 Å². The van der Waals surface area contributed by atoms with Crippen molar-refractivity contribution in [3.05, 3.63) is 28.8 Å². The van der Waals surface area contributed by atoms with E-state index in [0.29, 0.717) is 17.7 Å². The molecule has 0 bridgehead atoms. The van der Waals surface area contributed by atoms with Gasteiger partial charge < -0.3 is 5.11 Å². The average molecular weight is 297 g/mol. The van der Waals surface area contributed by atoms with Gasteiger partial charge in [-0.05, 0) is 49.9 Å². The summed E-state index contributed by atoms with van der Waals surface area (Å²) in [6.07, 6.45) is 1.76. The summed E-state index contributed by atoms with van der Waals surface area (Å²) in [7, 11) is -3.63. The summed E-state index contributed by atoms with van der Waals surface area (Å²) < 4.78 is 26.9. The zero-order valence-electron chi connectivity index (χ0n) is 11.9. The monoisotopic (exact) mass is 297 g/mol. The first-order valence-electron chi connectivity index (χ1n) is 6.65. The van der Waals surface area contributed by atoms with Gasteiger partial charge in [-0.15, -0.1) is 0 Å². The lowest BCUT2D eigenvalue weighted by molar-refractivity contribution is 0.0696. The predicted molar refractivity (Wildman–Crippen MR) is 75.5 cm³/mol. The van der Waals surface area contributed by atoms with Crippen molar-refractivity contribution in [2.24, 2.45) is 0 Å². The van der Waals surface area contributed by atoms with E-state index in [0.717, 1.165) is 12.8 Å². The van der Waals surface area contributed by atoms with Gasteiger partial charge in [-0.25, -0.2) is 13.2 Å². The van der Waals surface area contributed by atoms with Gasteiger partial charge in [0, 0.05) is 12.6 Å². The minimum atomic E-state index is -3.63. The highest BCUT2D eigenvalue weighted by molar-refractivity contribution is 7.89. The highest BCUT2D eigenvalue weighted by Gasteiger charge is 2.37. The summed E-state index contributed by atoms with van der Waals surface area (Å²) in [5, 5.41) is 9.10. The second kappa shape index (κ2) is 5.18. The summed E-state index contributed by atoms with van der Waals surface area (Å²) in [5.74, 6) is -1.11. The summed E-state index contributed by atoms with van der Waals surface area (Å²) >= 11 is 0. The van der Waals surface area contributed by atoms with Crippen LogP contribution in [0.2, 0.25) is 0 Å². The zero-order valence-corrected chi connectivity index (χ0v) is 12.7. The van der Waals surface area contributed by atoms with Crippen molar-refractivity contribution in [1.82, 2.24) is 4.31 Å². The second-order valence-corrected chi connectivity index (χ2v) is 7.02. The van der Waals surface area contributed by atoms with Gasteiger partial charge in [0.1, 0.15) is 0 Å². The van der Waals surface area contributed by atoms with Gasteiger partial charge in [-0.1, -0.05) is 6.92 Å². The summed E-state index contributed by atoms with van der Waals surface area (Å²) in [6, 6.07) is 2.84. The molecular weight excluding hydrogens is 278 g/mol. The normalized spacial score (nSPS) is 15.6. The van der Waals surface area contributed by atoms with Gasteiger partial charge in [-0.2, -0.15) is 4.31 Å². The summed E-state index contributed by atoms with van der Waals surface area (Å²) in [6.45, 7) is 5.66. The van der Waals surface area contributed by atoms with Gasteiger partial charge in [0.05, 0.1) is 10.5 Å². The molecule has 1 saturated carbocycles. The summed E-state index contributed by atoms with van der Waals surface area (Å²) in [4.78, 5) is 11.2. The molecule has 0 amide bonds. The molecule has 20 heavy (non-hydrogen) atoms. The average Bonchev–Trinajstić information content (AvgIpc) is 3.16. The number of rotatable bonds is 5. The highest BCUT2D eigenvalue weighted by Crippen LogP contribution is 2.33. The maximum absolute atomic E-state index is 12.7. The number of sulfonamides is 1. The number of nitrogens with zero attached hydrogens (tertiary/aromatic N) is 1. The predicted octanol–water partition coefficient (Wildman–Crippen LogP) is 2.17. The Hall–Kier alpha value is -1.40. The van der Waals surface area contributed by atoms with Crippen LogP contribution in [0.1, 0.15) is 41.3 Å². The maximum atomic E-state index is 12.7. The smallest absolute Gasteiger partial charge is 0.335 e. The topological polar surface area (TPSA) is 74.7 Å². The number of carboxylic acid groups (broad SMARTS) is 1. The quantitative estimate of drug-likeness (QED) is 0.904. The molecule has 0 heterocycles. The van der Waals surface area contributed by atoms with Gasteiger partial charge in [0.25, 0.3) is 0 Å². The SMILES string of the molecule is CCN(C1CC1)S(=O)(=O)c1cc(C(=O)O)cc(C)c1C. The minimum Gasteiger partial charge on any atom is -0.478 e. The highest BCUT2D eigenvalue weighted by atomic mass is 32.2. The molecule has 0 spiro atoms. The molecule has 1 fully saturated rings. The summed E-state index contributed by atoms with van der Waals surface area (Å²) in [5.41, 5.74) is 1.31. The lowest BCUT2D eigenvalue weighted by atomic mass is 10.1. The van der Waals surface area contributed by atoms with Crippen LogP contribution in [0.3, 0.4) is 0 Å². The van der Waals surface area contributed by atoms with E-state index in [1.807, 2.05) is 0 Å². The Morgan fingerprint density at radius 2 is 1.95 bits per heavy atom. The fraction of sp³-hybridized carbons (Fsp3) is 0.500. The first kappa shape index (κ1) is 15.0. The number of hydrogen-bond donors (Lipinski definition) is 1. The Kier molecular flexibility index (Phi) is 3.88. The minimum absolute atomic E-state index is 0.0125. The third kappa shape index (κ3) is 2.58. The van der Waals surface area contributed by atoms with E-state index in [9.17, 15) is 13.2 Å². The van der Waals surface area contributed by atoms with E-state index in [-0.39, 0.29) is 16.5 Å². The van der Waals surface area contributed by atoms with E-state index in [2.05, 4.69) is 0 Å². The molecule has 1 N–H and O–H groups in total. The number of aromatic carboxylic acids is 1. The van der Waals surface area contributed by atoms with E-state index >= 15 is 0 Å². The largest absolute Gasteiger partial charge is 0.478 e. The van der Waals surface area contributed by atoms with Gasteiger partial charge in [0.15, 0.2) is 0 Å². The van der Waals surface area contributed by atoms with Crippen LogP contribution in [0.15, 0.2) is 17.0 Å². The van der Waals surface area contributed by atoms with Crippen molar-refractivity contribution in [3.63, 3.8) is 0 Å². The van der Waals surface area contributed by atoms with Crippen molar-refractivity contribution < 1.29 is 18.3 Å². The molecule has 0 saturated heterocycles. The Labute approximate surface area is 119 Å². The van der Waals surface area contributed by atoms with E-state index in [4.69, 9.17) is 5.11 Å². The van der Waals surface area contributed by atoms with Crippen LogP contribution in [0, 0.1) is 13.8 Å². The van der Waals surface area contributed by atoms with Crippen LogP contribution >= 0.6 is 0 Å². The van der Waals surface area contributed by atoms with Gasteiger partial charge >= 0.3 is 5.97 Å². The van der Waals surface area contributed by atoms with E-state index in [1.165, 1.54) is 16.4 Å². The first-order valence-corrected chi connectivity index (χ1v) is 8.09. The molecule has 6 heteroatoms. The Bertz CT molecular complexity index is 647. The first-order chi connectivity index (χ1) is 9.28. The van der Waals surface area contributed by atoms with Crippen molar-refractivity contribution in [2.75, 3.05) is 6.54 Å². The molecule has 0 aliphatic heterocycles. The van der Waals surface area contributed by atoms with Crippen molar-refractivity contribution in [2.45, 2.75) is 44.6 Å². The molecule has 0 radical (unpaired) electrons. The van der Waals surface area contributed by atoms with E-state index in [1.54, 1.807) is 20.8 Å². The zero-order chi connectivity index (χ0) is 15.1. The number of carbonyl (C=O) groups is 1. The fourth-order valence-electron chi connectivity index (χ4n) is 2.33. The van der Waals surface area contributed by atoms with E-state index < -0.39 is 16.0 Å². The van der Waals surface area contributed by atoms with Crippen molar-refractivity contribution in [3.8, 4) is 0 Å². The number of hydrogen-bond acceptors (Lipinski definition) is 3. The lowest BCUT2D eigenvalue weighted by Crippen LogP contribution is -2.33. The second-order valence-electron chi connectivity index (χ2n) is 5.16. The third-order valence-corrected chi connectivity index (χ3v) is 5.87. The van der Waals surface area contributed by atoms with Crippen LogP contribution in [0.4, 0.5) is 0 Å². The molecule has 0 atom stereocenters.